The van der Waals surface area contributed by atoms with Crippen molar-refractivity contribution in [2.45, 2.75) is 18.9 Å². The second-order valence-corrected chi connectivity index (χ2v) is 3.82. The van der Waals surface area contributed by atoms with Crippen molar-refractivity contribution in [2.24, 2.45) is 5.73 Å². The van der Waals surface area contributed by atoms with Gasteiger partial charge in [0.05, 0.1) is 18.1 Å². The SMILES string of the molecule is COc1cc([N+](=O)[O-])cc([C@@H](N)CCCO)c1O. The number of rotatable bonds is 6. The van der Waals surface area contributed by atoms with Crippen LogP contribution in [0.3, 0.4) is 0 Å². The zero-order valence-corrected chi connectivity index (χ0v) is 10.00. The number of phenolic OH excluding ortho intramolecular Hbond substituents is 1. The first-order valence-electron chi connectivity index (χ1n) is 5.43. The number of nitro groups is 1. The first-order chi connectivity index (χ1) is 8.51. The summed E-state index contributed by atoms with van der Waals surface area (Å²) in [6.45, 7) is -0.0273. The van der Waals surface area contributed by atoms with Crippen LogP contribution in [0, 0.1) is 10.1 Å². The third-order valence-electron chi connectivity index (χ3n) is 2.59. The Labute approximate surface area is 104 Å². The molecule has 0 saturated heterocycles. The summed E-state index contributed by atoms with van der Waals surface area (Å²) in [6, 6.07) is 1.77. The minimum absolute atomic E-state index is 0.0126. The van der Waals surface area contributed by atoms with Crippen LogP contribution in [0.25, 0.3) is 0 Å². The van der Waals surface area contributed by atoms with E-state index < -0.39 is 11.0 Å². The lowest BCUT2D eigenvalue weighted by Crippen LogP contribution is -2.12. The molecule has 0 aliphatic rings. The van der Waals surface area contributed by atoms with Crippen molar-refractivity contribution < 1.29 is 19.9 Å². The molecule has 1 aromatic carbocycles. The van der Waals surface area contributed by atoms with E-state index in [0.29, 0.717) is 12.8 Å². The maximum atomic E-state index is 10.8. The Kier molecular flexibility index (Phi) is 4.87. The molecule has 0 saturated carbocycles. The molecule has 100 valence electrons. The highest BCUT2D eigenvalue weighted by molar-refractivity contribution is 5.54. The Morgan fingerprint density at radius 2 is 2.22 bits per heavy atom. The lowest BCUT2D eigenvalue weighted by atomic mass is 10.0. The van der Waals surface area contributed by atoms with Gasteiger partial charge in [0, 0.05) is 24.3 Å². The summed E-state index contributed by atoms with van der Waals surface area (Å²) >= 11 is 0. The lowest BCUT2D eigenvalue weighted by molar-refractivity contribution is -0.385. The molecule has 7 nitrogen and oxygen atoms in total. The number of hydrogen-bond acceptors (Lipinski definition) is 6. The second kappa shape index (κ2) is 6.18. The third kappa shape index (κ3) is 3.08. The summed E-state index contributed by atoms with van der Waals surface area (Å²) in [5, 5.41) is 29.4. The van der Waals surface area contributed by atoms with Gasteiger partial charge in [0.1, 0.15) is 0 Å². The predicted octanol–water partition coefficient (Wildman–Crippen LogP) is 1.08. The molecule has 0 heterocycles. The van der Waals surface area contributed by atoms with Gasteiger partial charge in [-0.25, -0.2) is 0 Å². The molecule has 0 bridgehead atoms. The van der Waals surface area contributed by atoms with Gasteiger partial charge in [0.25, 0.3) is 5.69 Å². The van der Waals surface area contributed by atoms with E-state index in [1.54, 1.807) is 0 Å². The van der Waals surface area contributed by atoms with Crippen molar-refractivity contribution in [2.75, 3.05) is 13.7 Å². The van der Waals surface area contributed by atoms with Crippen LogP contribution in [-0.2, 0) is 0 Å². The Bertz CT molecular complexity index is 436. The van der Waals surface area contributed by atoms with E-state index in [1.165, 1.54) is 13.2 Å². The summed E-state index contributed by atoms with van der Waals surface area (Å²) in [4.78, 5) is 10.2. The van der Waals surface area contributed by atoms with Gasteiger partial charge in [-0.1, -0.05) is 0 Å². The Hall–Kier alpha value is -1.86. The third-order valence-corrected chi connectivity index (χ3v) is 2.59. The van der Waals surface area contributed by atoms with E-state index in [0.717, 1.165) is 6.07 Å². The largest absolute Gasteiger partial charge is 0.504 e. The van der Waals surface area contributed by atoms with Crippen LogP contribution < -0.4 is 10.5 Å². The molecule has 0 aromatic heterocycles. The molecule has 7 heteroatoms. The summed E-state index contributed by atoms with van der Waals surface area (Å²) in [5.74, 6) is -0.188. The van der Waals surface area contributed by atoms with E-state index in [9.17, 15) is 15.2 Å². The van der Waals surface area contributed by atoms with Gasteiger partial charge < -0.3 is 20.7 Å². The van der Waals surface area contributed by atoms with E-state index in [2.05, 4.69) is 0 Å². The quantitative estimate of drug-likeness (QED) is 0.517. The van der Waals surface area contributed by atoms with Crippen molar-refractivity contribution in [1.29, 1.82) is 0 Å². The number of phenols is 1. The van der Waals surface area contributed by atoms with Crippen molar-refractivity contribution in [3.8, 4) is 11.5 Å². The van der Waals surface area contributed by atoms with Crippen LogP contribution >= 0.6 is 0 Å². The Morgan fingerprint density at radius 1 is 1.56 bits per heavy atom. The molecular formula is C11H16N2O5. The van der Waals surface area contributed by atoms with Crippen LogP contribution in [0.4, 0.5) is 5.69 Å². The average Bonchev–Trinajstić information content (AvgIpc) is 2.35. The summed E-state index contributed by atoms with van der Waals surface area (Å²) in [7, 11) is 1.31. The molecule has 0 aliphatic heterocycles. The minimum atomic E-state index is -0.592. The maximum Gasteiger partial charge on any atom is 0.273 e. The number of aliphatic hydroxyl groups is 1. The highest BCUT2D eigenvalue weighted by Crippen LogP contribution is 2.38. The monoisotopic (exact) mass is 256 g/mol. The maximum absolute atomic E-state index is 10.8. The van der Waals surface area contributed by atoms with Crippen LogP contribution in [0.2, 0.25) is 0 Å². The molecule has 0 spiro atoms. The van der Waals surface area contributed by atoms with Crippen LogP contribution in [-0.4, -0.2) is 28.9 Å². The highest BCUT2D eigenvalue weighted by atomic mass is 16.6. The standard InChI is InChI=1S/C11H16N2O5/c1-18-10-6-7(13(16)17)5-8(11(10)15)9(12)3-2-4-14/h5-6,9,14-15H,2-4,12H2,1H3/t9-/m0/s1. The number of nitrogens with two attached hydrogens (primary N) is 1. The number of aromatic hydroxyl groups is 1. The first-order valence-corrected chi connectivity index (χ1v) is 5.43. The topological polar surface area (TPSA) is 119 Å². The number of hydrogen-bond donors (Lipinski definition) is 3. The van der Waals surface area contributed by atoms with Gasteiger partial charge in [-0.2, -0.15) is 0 Å². The predicted molar refractivity (Wildman–Crippen MR) is 64.6 cm³/mol. The summed E-state index contributed by atoms with van der Waals surface area (Å²) in [6.07, 6.45) is 0.861. The zero-order valence-electron chi connectivity index (χ0n) is 10.00. The van der Waals surface area contributed by atoms with Crippen molar-refractivity contribution in [1.82, 2.24) is 0 Å². The zero-order chi connectivity index (χ0) is 13.7. The fourth-order valence-electron chi connectivity index (χ4n) is 1.62. The summed E-state index contributed by atoms with van der Waals surface area (Å²) in [5.41, 5.74) is 5.87. The van der Waals surface area contributed by atoms with Crippen LogP contribution in [0.15, 0.2) is 12.1 Å². The van der Waals surface area contributed by atoms with Gasteiger partial charge in [0.15, 0.2) is 11.5 Å². The lowest BCUT2D eigenvalue weighted by Gasteiger charge is -2.15. The minimum Gasteiger partial charge on any atom is -0.504 e. The van der Waals surface area contributed by atoms with E-state index in [4.69, 9.17) is 15.6 Å². The normalized spacial score (nSPS) is 12.2. The van der Waals surface area contributed by atoms with Crippen molar-refractivity contribution >= 4 is 5.69 Å². The molecule has 0 amide bonds. The number of aliphatic hydroxyl groups excluding tert-OH is 1. The fraction of sp³-hybridized carbons (Fsp3) is 0.455. The molecule has 0 fully saturated rings. The number of non-ortho nitro benzene ring substituents is 1. The van der Waals surface area contributed by atoms with Crippen LogP contribution in [0.1, 0.15) is 24.4 Å². The van der Waals surface area contributed by atoms with Gasteiger partial charge in [-0.3, -0.25) is 10.1 Å². The molecule has 4 N–H and O–H groups in total. The molecule has 1 aromatic rings. The average molecular weight is 256 g/mol. The van der Waals surface area contributed by atoms with E-state index in [-0.39, 0.29) is 29.4 Å². The number of benzene rings is 1. The van der Waals surface area contributed by atoms with Gasteiger partial charge in [-0.05, 0) is 12.8 Å². The van der Waals surface area contributed by atoms with Gasteiger partial charge >= 0.3 is 0 Å². The van der Waals surface area contributed by atoms with E-state index >= 15 is 0 Å². The van der Waals surface area contributed by atoms with Gasteiger partial charge in [0.2, 0.25) is 0 Å². The molecule has 18 heavy (non-hydrogen) atoms. The molecule has 1 rings (SSSR count). The molecule has 0 radical (unpaired) electrons. The number of ether oxygens (including phenoxy) is 1. The highest BCUT2D eigenvalue weighted by Gasteiger charge is 2.20. The van der Waals surface area contributed by atoms with Crippen LogP contribution in [0.5, 0.6) is 11.5 Å². The first kappa shape index (κ1) is 14.2. The second-order valence-electron chi connectivity index (χ2n) is 3.82. The number of methoxy groups -OCH3 is 1. The molecule has 0 unspecified atom stereocenters. The smallest absolute Gasteiger partial charge is 0.273 e. The Balaban J connectivity index is 3.15. The molecule has 1 atom stereocenters. The van der Waals surface area contributed by atoms with Gasteiger partial charge in [-0.15, -0.1) is 0 Å². The summed E-state index contributed by atoms with van der Waals surface area (Å²) < 4.78 is 4.87. The molecule has 0 aliphatic carbocycles. The Morgan fingerprint density at radius 3 is 2.72 bits per heavy atom. The fourth-order valence-corrected chi connectivity index (χ4v) is 1.62. The van der Waals surface area contributed by atoms with Crippen molar-refractivity contribution in [3.05, 3.63) is 27.8 Å². The number of nitrogens with zero attached hydrogens (tertiary/aromatic N) is 1. The number of nitro benzene ring substituents is 1. The van der Waals surface area contributed by atoms with E-state index in [1.807, 2.05) is 0 Å². The molecular weight excluding hydrogens is 240 g/mol. The van der Waals surface area contributed by atoms with Crippen molar-refractivity contribution in [3.63, 3.8) is 0 Å².